The summed E-state index contributed by atoms with van der Waals surface area (Å²) >= 11 is 3.27. The van der Waals surface area contributed by atoms with E-state index in [2.05, 4.69) is 15.9 Å². The number of alkyl halides is 3. The van der Waals surface area contributed by atoms with Crippen LogP contribution in [0.25, 0.3) is 0 Å². The first kappa shape index (κ1) is 19.0. The van der Waals surface area contributed by atoms with Crippen molar-refractivity contribution >= 4 is 27.8 Å². The van der Waals surface area contributed by atoms with Crippen molar-refractivity contribution in [2.75, 3.05) is 0 Å². The van der Waals surface area contributed by atoms with Gasteiger partial charge in [0.15, 0.2) is 0 Å². The maximum absolute atomic E-state index is 12.6. The van der Waals surface area contributed by atoms with Gasteiger partial charge in [-0.05, 0) is 35.4 Å². The Morgan fingerprint density at radius 2 is 1.36 bits per heavy atom. The van der Waals surface area contributed by atoms with Gasteiger partial charge >= 0.3 is 18.1 Å². The molecule has 0 saturated heterocycles. The number of carbonyl (C=O) groups is 2. The number of hydrogen-bond acceptors (Lipinski definition) is 2. The van der Waals surface area contributed by atoms with Crippen LogP contribution in [0.15, 0.2) is 53.0 Å². The Balaban J connectivity index is 2.19. The minimum Gasteiger partial charge on any atom is -0.474 e. The smallest absolute Gasteiger partial charge is 0.416 e. The molecule has 0 fully saturated rings. The lowest BCUT2D eigenvalue weighted by molar-refractivity contribution is -0.156. The van der Waals surface area contributed by atoms with Crippen molar-refractivity contribution in [2.45, 2.75) is 19.3 Å². The second-order valence-electron chi connectivity index (χ2n) is 5.29. The summed E-state index contributed by atoms with van der Waals surface area (Å²) in [5.41, 5.74) is 0.296. The SMILES string of the molecule is O=C(O)C(=O)N(Cc1ccc(Br)cc1)Cc1ccc(C(F)(F)F)cc1. The Morgan fingerprint density at radius 1 is 0.920 bits per heavy atom. The molecule has 0 aromatic heterocycles. The first-order valence-corrected chi connectivity index (χ1v) is 7.89. The Morgan fingerprint density at radius 3 is 1.76 bits per heavy atom. The normalized spacial score (nSPS) is 11.2. The second-order valence-corrected chi connectivity index (χ2v) is 6.20. The van der Waals surface area contributed by atoms with E-state index in [1.807, 2.05) is 0 Å². The molecule has 0 radical (unpaired) electrons. The fourth-order valence-corrected chi connectivity index (χ4v) is 2.43. The number of amides is 1. The van der Waals surface area contributed by atoms with Crippen LogP contribution in [0.4, 0.5) is 13.2 Å². The molecule has 2 aromatic rings. The number of rotatable bonds is 4. The molecule has 0 aliphatic carbocycles. The number of halogens is 4. The standard InChI is InChI=1S/C17H13BrF3NO3/c18-14-7-3-12(4-8-14)10-22(15(23)16(24)25)9-11-1-5-13(6-2-11)17(19,20)21/h1-8H,9-10H2,(H,24,25). The van der Waals surface area contributed by atoms with Crippen molar-refractivity contribution in [3.05, 3.63) is 69.7 Å². The van der Waals surface area contributed by atoms with E-state index < -0.39 is 23.6 Å². The number of nitrogens with zero attached hydrogens (tertiary/aromatic N) is 1. The lowest BCUT2D eigenvalue weighted by atomic mass is 10.1. The van der Waals surface area contributed by atoms with Crippen LogP contribution in [-0.4, -0.2) is 21.9 Å². The molecule has 0 unspecified atom stereocenters. The molecule has 0 aliphatic rings. The number of benzene rings is 2. The number of carboxylic acid groups (broad SMARTS) is 1. The van der Waals surface area contributed by atoms with Gasteiger partial charge in [-0.25, -0.2) is 4.79 Å². The molecule has 1 amide bonds. The van der Waals surface area contributed by atoms with E-state index in [0.29, 0.717) is 11.1 Å². The third kappa shape index (κ3) is 5.32. The molecule has 0 saturated carbocycles. The monoisotopic (exact) mass is 415 g/mol. The number of carboxylic acids is 1. The fraction of sp³-hybridized carbons (Fsp3) is 0.176. The highest BCUT2D eigenvalue weighted by Gasteiger charge is 2.30. The molecule has 8 heteroatoms. The molecule has 0 spiro atoms. The number of carbonyl (C=O) groups excluding carboxylic acids is 1. The van der Waals surface area contributed by atoms with Crippen molar-refractivity contribution < 1.29 is 27.9 Å². The van der Waals surface area contributed by atoms with E-state index in [1.165, 1.54) is 12.1 Å². The van der Waals surface area contributed by atoms with Crippen molar-refractivity contribution in [3.8, 4) is 0 Å². The van der Waals surface area contributed by atoms with Crippen molar-refractivity contribution in [1.29, 1.82) is 0 Å². The summed E-state index contributed by atoms with van der Waals surface area (Å²) in [5, 5.41) is 8.96. The van der Waals surface area contributed by atoms with Crippen LogP contribution in [0.1, 0.15) is 16.7 Å². The third-order valence-electron chi connectivity index (χ3n) is 3.41. The highest BCUT2D eigenvalue weighted by molar-refractivity contribution is 9.10. The molecule has 25 heavy (non-hydrogen) atoms. The van der Waals surface area contributed by atoms with Gasteiger partial charge in [0.25, 0.3) is 0 Å². The first-order valence-electron chi connectivity index (χ1n) is 7.09. The molecular formula is C17H13BrF3NO3. The summed E-state index contributed by atoms with van der Waals surface area (Å²) in [6, 6.07) is 11.2. The molecule has 4 nitrogen and oxygen atoms in total. The van der Waals surface area contributed by atoms with Gasteiger partial charge in [0.1, 0.15) is 0 Å². The molecule has 0 bridgehead atoms. The predicted molar refractivity (Wildman–Crippen MR) is 87.5 cm³/mol. The van der Waals surface area contributed by atoms with E-state index in [4.69, 9.17) is 5.11 Å². The summed E-state index contributed by atoms with van der Waals surface area (Å²) in [6.45, 7) is -0.0846. The third-order valence-corrected chi connectivity index (χ3v) is 3.94. The summed E-state index contributed by atoms with van der Waals surface area (Å²) in [4.78, 5) is 24.0. The quantitative estimate of drug-likeness (QED) is 0.765. The Kier molecular flexibility index (Phi) is 5.84. The van der Waals surface area contributed by atoms with Crippen LogP contribution in [0.3, 0.4) is 0 Å². The van der Waals surface area contributed by atoms with Gasteiger partial charge in [-0.1, -0.05) is 40.2 Å². The van der Waals surface area contributed by atoms with Crippen LogP contribution in [0.2, 0.25) is 0 Å². The predicted octanol–water partition coefficient (Wildman–Crippen LogP) is 4.08. The van der Waals surface area contributed by atoms with Crippen LogP contribution in [0.5, 0.6) is 0 Å². The number of aliphatic carboxylic acids is 1. The van der Waals surface area contributed by atoms with E-state index in [-0.39, 0.29) is 13.1 Å². The van der Waals surface area contributed by atoms with E-state index in [0.717, 1.165) is 21.5 Å². The van der Waals surface area contributed by atoms with Crippen LogP contribution < -0.4 is 0 Å². The van der Waals surface area contributed by atoms with E-state index in [9.17, 15) is 22.8 Å². The minimum atomic E-state index is -4.45. The summed E-state index contributed by atoms with van der Waals surface area (Å²) in [5.74, 6) is -2.74. The Bertz CT molecular complexity index is 758. The van der Waals surface area contributed by atoms with Gasteiger partial charge in [0.05, 0.1) is 5.56 Å². The maximum atomic E-state index is 12.6. The Labute approximate surface area is 150 Å². The highest BCUT2D eigenvalue weighted by Crippen LogP contribution is 2.29. The molecule has 0 aliphatic heterocycles. The van der Waals surface area contributed by atoms with Crippen LogP contribution >= 0.6 is 15.9 Å². The molecule has 0 heterocycles. The average Bonchev–Trinajstić information content (AvgIpc) is 2.55. The molecule has 2 aromatic carbocycles. The van der Waals surface area contributed by atoms with Gasteiger partial charge < -0.3 is 10.0 Å². The molecule has 1 N–H and O–H groups in total. The van der Waals surface area contributed by atoms with E-state index >= 15 is 0 Å². The Hall–Kier alpha value is -2.35. The lowest BCUT2D eigenvalue weighted by Crippen LogP contribution is -2.35. The summed E-state index contributed by atoms with van der Waals surface area (Å²) < 4.78 is 38.6. The largest absolute Gasteiger partial charge is 0.474 e. The first-order chi connectivity index (χ1) is 11.7. The number of hydrogen-bond donors (Lipinski definition) is 1. The zero-order valence-electron chi connectivity index (χ0n) is 12.8. The summed E-state index contributed by atoms with van der Waals surface area (Å²) in [7, 11) is 0. The minimum absolute atomic E-state index is 0.0272. The second kappa shape index (κ2) is 7.69. The van der Waals surface area contributed by atoms with Crippen molar-refractivity contribution in [3.63, 3.8) is 0 Å². The molecule has 2 rings (SSSR count). The highest BCUT2D eigenvalue weighted by atomic mass is 79.9. The molecule has 132 valence electrons. The van der Waals surface area contributed by atoms with Gasteiger partial charge in [-0.3, -0.25) is 4.79 Å². The van der Waals surface area contributed by atoms with Gasteiger partial charge in [0, 0.05) is 17.6 Å². The van der Waals surface area contributed by atoms with Gasteiger partial charge in [-0.2, -0.15) is 13.2 Å². The van der Waals surface area contributed by atoms with Crippen molar-refractivity contribution in [2.24, 2.45) is 0 Å². The topological polar surface area (TPSA) is 57.6 Å². The van der Waals surface area contributed by atoms with Crippen LogP contribution in [0, 0.1) is 0 Å². The summed E-state index contributed by atoms with van der Waals surface area (Å²) in [6.07, 6.45) is -4.45. The molecule has 0 atom stereocenters. The van der Waals surface area contributed by atoms with Gasteiger partial charge in [0.2, 0.25) is 0 Å². The lowest BCUT2D eigenvalue weighted by Gasteiger charge is -2.21. The van der Waals surface area contributed by atoms with E-state index in [1.54, 1.807) is 24.3 Å². The average molecular weight is 416 g/mol. The zero-order valence-corrected chi connectivity index (χ0v) is 14.3. The maximum Gasteiger partial charge on any atom is 0.416 e. The van der Waals surface area contributed by atoms with Crippen LogP contribution in [-0.2, 0) is 28.9 Å². The van der Waals surface area contributed by atoms with Gasteiger partial charge in [-0.15, -0.1) is 0 Å². The zero-order chi connectivity index (χ0) is 18.6. The van der Waals surface area contributed by atoms with Crippen molar-refractivity contribution in [1.82, 2.24) is 4.90 Å². The molecular weight excluding hydrogens is 403 g/mol. The fourth-order valence-electron chi connectivity index (χ4n) is 2.16.